The second-order valence-electron chi connectivity index (χ2n) is 4.50. The van der Waals surface area contributed by atoms with E-state index in [4.69, 9.17) is 4.74 Å². The number of nitrogens with zero attached hydrogens (tertiary/aromatic N) is 5. The average Bonchev–Trinajstić information content (AvgIpc) is 2.99. The van der Waals surface area contributed by atoms with E-state index in [-0.39, 0.29) is 11.5 Å². The minimum Gasteiger partial charge on any atom is -0.497 e. The Morgan fingerprint density at radius 2 is 1.95 bits per heavy atom. The number of methoxy groups -OCH3 is 1. The molecule has 0 atom stereocenters. The minimum atomic E-state index is -0.212. The maximum absolute atomic E-state index is 12.6. The van der Waals surface area contributed by atoms with Crippen LogP contribution in [0.2, 0.25) is 0 Å². The summed E-state index contributed by atoms with van der Waals surface area (Å²) in [6.45, 7) is 1.78. The Morgan fingerprint density at radius 1 is 1.23 bits per heavy atom. The number of fused-ring (bicyclic) bond motifs is 1. The summed E-state index contributed by atoms with van der Waals surface area (Å²) in [5, 5.41) is 12.9. The zero-order valence-electron chi connectivity index (χ0n) is 12.3. The molecule has 0 unspecified atom stereocenters. The Bertz CT molecular complexity index is 844. The third-order valence-corrected chi connectivity index (χ3v) is 3.76. The van der Waals surface area contributed by atoms with Crippen LogP contribution in [0.15, 0.2) is 29.4 Å². The highest BCUT2D eigenvalue weighted by molar-refractivity contribution is 7.98. The van der Waals surface area contributed by atoms with Crippen molar-refractivity contribution in [2.75, 3.05) is 13.4 Å². The molecule has 0 amide bonds. The Kier molecular flexibility index (Phi) is 3.76. The molecule has 1 aromatic carbocycles. The Hall–Kier alpha value is -2.48. The van der Waals surface area contributed by atoms with E-state index in [0.29, 0.717) is 27.9 Å². The van der Waals surface area contributed by atoms with E-state index in [1.807, 2.05) is 6.26 Å². The molecule has 7 nitrogen and oxygen atoms in total. The molecule has 0 radical (unpaired) electrons. The van der Waals surface area contributed by atoms with Crippen LogP contribution in [0.3, 0.4) is 0 Å². The van der Waals surface area contributed by atoms with Crippen LogP contribution in [0.1, 0.15) is 21.7 Å². The van der Waals surface area contributed by atoms with Crippen molar-refractivity contribution in [3.63, 3.8) is 0 Å². The van der Waals surface area contributed by atoms with E-state index in [9.17, 15) is 4.79 Å². The molecule has 0 spiro atoms. The smallest absolute Gasteiger partial charge is 0.272 e. The quantitative estimate of drug-likeness (QED) is 0.536. The molecule has 3 aromatic rings. The Labute approximate surface area is 130 Å². The second-order valence-corrected chi connectivity index (χ2v) is 5.28. The van der Waals surface area contributed by atoms with Gasteiger partial charge in [-0.2, -0.15) is 9.50 Å². The molecule has 2 aromatic heterocycles. The SMILES string of the molecule is COc1ccc(C(=O)c2nnc3nc(SC)nn3c2C)cc1. The Balaban J connectivity index is 2.04. The normalized spacial score (nSPS) is 10.9. The first kappa shape index (κ1) is 14.5. The van der Waals surface area contributed by atoms with Gasteiger partial charge in [-0.1, -0.05) is 11.8 Å². The van der Waals surface area contributed by atoms with Crippen molar-refractivity contribution in [2.24, 2.45) is 0 Å². The molecule has 0 saturated heterocycles. The van der Waals surface area contributed by atoms with E-state index in [1.165, 1.54) is 16.3 Å². The number of aromatic nitrogens is 5. The van der Waals surface area contributed by atoms with Crippen LogP contribution in [0, 0.1) is 6.92 Å². The molecule has 0 bridgehead atoms. The number of rotatable bonds is 4. The van der Waals surface area contributed by atoms with Crippen LogP contribution in [-0.4, -0.2) is 43.9 Å². The molecule has 3 rings (SSSR count). The number of thioether (sulfide) groups is 1. The number of ketones is 1. The van der Waals surface area contributed by atoms with E-state index < -0.39 is 0 Å². The largest absolute Gasteiger partial charge is 0.497 e. The van der Waals surface area contributed by atoms with Crippen LogP contribution in [-0.2, 0) is 0 Å². The lowest BCUT2D eigenvalue weighted by Crippen LogP contribution is -2.12. The predicted octanol–water partition coefficient (Wildman–Crippen LogP) is 1.79. The molecule has 0 aliphatic rings. The molecular formula is C14H13N5O2S. The minimum absolute atomic E-state index is 0.212. The summed E-state index contributed by atoms with van der Waals surface area (Å²) in [7, 11) is 1.58. The molecular weight excluding hydrogens is 302 g/mol. The lowest BCUT2D eigenvalue weighted by molar-refractivity contribution is 0.103. The predicted molar refractivity (Wildman–Crippen MR) is 81.5 cm³/mol. The zero-order chi connectivity index (χ0) is 15.7. The summed E-state index contributed by atoms with van der Waals surface area (Å²) >= 11 is 1.41. The van der Waals surface area contributed by atoms with Gasteiger partial charge in [-0.05, 0) is 37.4 Å². The first-order valence-electron chi connectivity index (χ1n) is 6.47. The van der Waals surface area contributed by atoms with Gasteiger partial charge in [-0.25, -0.2) is 0 Å². The number of hydrogen-bond acceptors (Lipinski definition) is 7. The van der Waals surface area contributed by atoms with E-state index in [2.05, 4.69) is 20.3 Å². The van der Waals surface area contributed by atoms with Gasteiger partial charge in [0.1, 0.15) is 5.75 Å². The first-order valence-corrected chi connectivity index (χ1v) is 7.69. The maximum Gasteiger partial charge on any atom is 0.272 e. The topological polar surface area (TPSA) is 82.3 Å². The summed E-state index contributed by atoms with van der Waals surface area (Å²) in [5.74, 6) is 0.861. The molecule has 0 aliphatic heterocycles. The number of carbonyl (C=O) groups excluding carboxylic acids is 1. The van der Waals surface area contributed by atoms with Crippen LogP contribution < -0.4 is 4.74 Å². The highest BCUT2D eigenvalue weighted by atomic mass is 32.2. The van der Waals surface area contributed by atoms with Crippen LogP contribution >= 0.6 is 11.8 Å². The van der Waals surface area contributed by atoms with Crippen LogP contribution in [0.25, 0.3) is 5.78 Å². The fourth-order valence-electron chi connectivity index (χ4n) is 2.02. The fraction of sp³-hybridized carbons (Fsp3) is 0.214. The molecule has 0 fully saturated rings. The van der Waals surface area contributed by atoms with E-state index in [0.717, 1.165) is 0 Å². The fourth-order valence-corrected chi connectivity index (χ4v) is 2.35. The van der Waals surface area contributed by atoms with Crippen molar-refractivity contribution in [3.8, 4) is 5.75 Å². The summed E-state index contributed by atoms with van der Waals surface area (Å²) in [6.07, 6.45) is 1.88. The average molecular weight is 315 g/mol. The zero-order valence-corrected chi connectivity index (χ0v) is 13.1. The maximum atomic E-state index is 12.6. The lowest BCUT2D eigenvalue weighted by atomic mass is 10.1. The van der Waals surface area contributed by atoms with Gasteiger partial charge in [0, 0.05) is 5.56 Å². The molecule has 0 aliphatic carbocycles. The number of hydrogen-bond donors (Lipinski definition) is 0. The molecule has 22 heavy (non-hydrogen) atoms. The van der Waals surface area contributed by atoms with Crippen molar-refractivity contribution >= 4 is 23.3 Å². The van der Waals surface area contributed by atoms with Crippen molar-refractivity contribution < 1.29 is 9.53 Å². The molecule has 8 heteroatoms. The van der Waals surface area contributed by atoms with Gasteiger partial charge in [-0.3, -0.25) is 4.79 Å². The number of ether oxygens (including phenoxy) is 1. The standard InChI is InChI=1S/C14H13N5O2S/c1-8-11(12(20)9-4-6-10(21-2)7-5-9)16-17-13-15-14(22-3)18-19(8)13/h4-7H,1-3H3. The third kappa shape index (κ3) is 2.41. The van der Waals surface area contributed by atoms with Crippen molar-refractivity contribution in [1.29, 1.82) is 0 Å². The van der Waals surface area contributed by atoms with Gasteiger partial charge in [0.25, 0.3) is 5.78 Å². The van der Waals surface area contributed by atoms with E-state index in [1.54, 1.807) is 38.3 Å². The highest BCUT2D eigenvalue weighted by Crippen LogP contribution is 2.17. The van der Waals surface area contributed by atoms with Gasteiger partial charge < -0.3 is 4.74 Å². The summed E-state index contributed by atoms with van der Waals surface area (Å²) in [5.41, 5.74) is 1.39. The van der Waals surface area contributed by atoms with Crippen molar-refractivity contribution in [3.05, 3.63) is 41.2 Å². The molecule has 0 saturated carbocycles. The van der Waals surface area contributed by atoms with Gasteiger partial charge in [-0.15, -0.1) is 15.3 Å². The third-order valence-electron chi connectivity index (χ3n) is 3.22. The molecule has 112 valence electrons. The molecule has 2 heterocycles. The Morgan fingerprint density at radius 3 is 2.59 bits per heavy atom. The summed E-state index contributed by atoms with van der Waals surface area (Å²) in [6, 6.07) is 6.86. The van der Waals surface area contributed by atoms with E-state index >= 15 is 0 Å². The number of benzene rings is 1. The van der Waals surface area contributed by atoms with Gasteiger partial charge in [0.2, 0.25) is 10.9 Å². The second kappa shape index (κ2) is 5.72. The van der Waals surface area contributed by atoms with Crippen LogP contribution in [0.5, 0.6) is 5.75 Å². The highest BCUT2D eigenvalue weighted by Gasteiger charge is 2.18. The van der Waals surface area contributed by atoms with Crippen molar-refractivity contribution in [2.45, 2.75) is 12.1 Å². The van der Waals surface area contributed by atoms with Gasteiger partial charge in [0.15, 0.2) is 5.69 Å². The van der Waals surface area contributed by atoms with Gasteiger partial charge in [0.05, 0.1) is 12.8 Å². The lowest BCUT2D eigenvalue weighted by Gasteiger charge is -2.05. The monoisotopic (exact) mass is 315 g/mol. The van der Waals surface area contributed by atoms with Gasteiger partial charge >= 0.3 is 0 Å². The number of aryl methyl sites for hydroxylation is 1. The van der Waals surface area contributed by atoms with Crippen molar-refractivity contribution in [1.82, 2.24) is 24.8 Å². The summed E-state index contributed by atoms with van der Waals surface area (Å²) < 4.78 is 6.62. The first-order chi connectivity index (χ1) is 10.6. The number of carbonyl (C=O) groups is 1. The summed E-state index contributed by atoms with van der Waals surface area (Å²) in [4.78, 5) is 16.8. The van der Waals surface area contributed by atoms with Crippen LogP contribution in [0.4, 0.5) is 0 Å². The molecule has 0 N–H and O–H groups in total.